The summed E-state index contributed by atoms with van der Waals surface area (Å²) in [5.41, 5.74) is 4.42. The summed E-state index contributed by atoms with van der Waals surface area (Å²) < 4.78 is 38.2. The maximum Gasteiger partial charge on any atom is 0.435 e. The third-order valence-electron chi connectivity index (χ3n) is 2.18. The standard InChI is InChI=1S/C9H7F3N6O/c10-9(11,12)6-2-4-18(16-6)8-5(7(13)17-19)1-3-14-15-8/h1-4,19H,(H2,13,17). The Kier molecular flexibility index (Phi) is 3.07. The monoisotopic (exact) mass is 272 g/mol. The highest BCUT2D eigenvalue weighted by atomic mass is 19.4. The van der Waals surface area contributed by atoms with Crippen LogP contribution in [0.25, 0.3) is 5.82 Å². The fraction of sp³-hybridized carbons (Fsp3) is 0.111. The minimum atomic E-state index is -4.57. The number of oxime groups is 1. The van der Waals surface area contributed by atoms with E-state index in [2.05, 4.69) is 20.5 Å². The number of halogens is 3. The second-order valence-corrected chi connectivity index (χ2v) is 3.40. The molecule has 100 valence electrons. The molecule has 0 aliphatic carbocycles. The van der Waals surface area contributed by atoms with Crippen LogP contribution in [-0.2, 0) is 6.18 Å². The minimum Gasteiger partial charge on any atom is -0.409 e. The largest absolute Gasteiger partial charge is 0.435 e. The van der Waals surface area contributed by atoms with Crippen molar-refractivity contribution in [3.05, 3.63) is 35.8 Å². The van der Waals surface area contributed by atoms with Gasteiger partial charge in [0.2, 0.25) is 0 Å². The normalized spacial score (nSPS) is 12.7. The van der Waals surface area contributed by atoms with Gasteiger partial charge in [-0.05, 0) is 12.1 Å². The van der Waals surface area contributed by atoms with E-state index in [9.17, 15) is 13.2 Å². The van der Waals surface area contributed by atoms with Crippen molar-refractivity contribution in [1.82, 2.24) is 20.0 Å². The number of amidine groups is 1. The van der Waals surface area contributed by atoms with Gasteiger partial charge in [-0.25, -0.2) is 4.68 Å². The molecule has 0 aliphatic heterocycles. The third-order valence-corrected chi connectivity index (χ3v) is 2.18. The molecule has 0 aromatic carbocycles. The second kappa shape index (κ2) is 4.55. The van der Waals surface area contributed by atoms with Crippen LogP contribution in [0.15, 0.2) is 29.7 Å². The van der Waals surface area contributed by atoms with E-state index in [4.69, 9.17) is 10.9 Å². The molecule has 0 unspecified atom stereocenters. The molecule has 0 bridgehead atoms. The zero-order valence-electron chi connectivity index (χ0n) is 9.20. The first kappa shape index (κ1) is 12.8. The van der Waals surface area contributed by atoms with Gasteiger partial charge in [-0.2, -0.15) is 23.4 Å². The number of alkyl halides is 3. The molecule has 0 saturated carbocycles. The number of hydrogen-bond acceptors (Lipinski definition) is 5. The first-order valence-electron chi connectivity index (χ1n) is 4.86. The van der Waals surface area contributed by atoms with Crippen LogP contribution in [0.4, 0.5) is 13.2 Å². The summed E-state index contributed by atoms with van der Waals surface area (Å²) in [6.45, 7) is 0. The van der Waals surface area contributed by atoms with Crippen LogP contribution in [-0.4, -0.2) is 31.0 Å². The molecule has 2 aromatic heterocycles. The van der Waals surface area contributed by atoms with E-state index in [1.54, 1.807) is 0 Å². The van der Waals surface area contributed by atoms with E-state index in [1.165, 1.54) is 12.3 Å². The summed E-state index contributed by atoms with van der Waals surface area (Å²) in [6.07, 6.45) is -2.25. The molecule has 2 aromatic rings. The molecule has 0 spiro atoms. The van der Waals surface area contributed by atoms with Crippen LogP contribution in [0, 0.1) is 0 Å². The Morgan fingerprint density at radius 1 is 1.37 bits per heavy atom. The van der Waals surface area contributed by atoms with Gasteiger partial charge in [-0.15, -0.1) is 5.10 Å². The topological polar surface area (TPSA) is 102 Å². The first-order valence-corrected chi connectivity index (χ1v) is 4.86. The summed E-state index contributed by atoms with van der Waals surface area (Å²) >= 11 is 0. The van der Waals surface area contributed by atoms with Gasteiger partial charge in [0.1, 0.15) is 0 Å². The Morgan fingerprint density at radius 3 is 2.68 bits per heavy atom. The smallest absolute Gasteiger partial charge is 0.409 e. The van der Waals surface area contributed by atoms with Gasteiger partial charge in [-0.3, -0.25) is 0 Å². The van der Waals surface area contributed by atoms with Crippen molar-refractivity contribution < 1.29 is 18.4 Å². The van der Waals surface area contributed by atoms with Crippen molar-refractivity contribution >= 4 is 5.84 Å². The van der Waals surface area contributed by atoms with Crippen molar-refractivity contribution in [2.45, 2.75) is 6.18 Å². The minimum absolute atomic E-state index is 0.0756. The molecule has 0 saturated heterocycles. The molecule has 2 heterocycles. The molecule has 2 rings (SSSR count). The zero-order chi connectivity index (χ0) is 14.0. The van der Waals surface area contributed by atoms with Crippen LogP contribution in [0.1, 0.15) is 11.3 Å². The lowest BCUT2D eigenvalue weighted by molar-refractivity contribution is -0.141. The summed E-state index contributed by atoms with van der Waals surface area (Å²) in [6, 6.07) is 2.12. The molecular weight excluding hydrogens is 265 g/mol. The predicted molar refractivity (Wildman–Crippen MR) is 56.7 cm³/mol. The fourth-order valence-corrected chi connectivity index (χ4v) is 1.34. The average Bonchev–Trinajstić information content (AvgIpc) is 2.87. The lowest BCUT2D eigenvalue weighted by Gasteiger charge is -2.06. The Bertz CT molecular complexity index is 620. The Labute approximate surface area is 104 Å². The molecule has 0 radical (unpaired) electrons. The van der Waals surface area contributed by atoms with Gasteiger partial charge in [0.15, 0.2) is 17.3 Å². The lowest BCUT2D eigenvalue weighted by Crippen LogP contribution is -2.18. The van der Waals surface area contributed by atoms with Gasteiger partial charge in [0.05, 0.1) is 11.8 Å². The molecule has 10 heteroatoms. The third kappa shape index (κ3) is 2.46. The van der Waals surface area contributed by atoms with Crippen molar-refractivity contribution in [1.29, 1.82) is 0 Å². The van der Waals surface area contributed by atoms with E-state index < -0.39 is 11.9 Å². The van der Waals surface area contributed by atoms with E-state index in [1.807, 2.05) is 0 Å². The highest BCUT2D eigenvalue weighted by molar-refractivity contribution is 5.99. The van der Waals surface area contributed by atoms with Gasteiger partial charge in [0, 0.05) is 6.20 Å². The van der Waals surface area contributed by atoms with E-state index >= 15 is 0 Å². The summed E-state index contributed by atoms with van der Waals surface area (Å²) in [5.74, 6) is -0.387. The number of rotatable bonds is 2. The average molecular weight is 272 g/mol. The summed E-state index contributed by atoms with van der Waals surface area (Å²) in [7, 11) is 0. The molecule has 0 amide bonds. The fourth-order valence-electron chi connectivity index (χ4n) is 1.34. The molecule has 0 fully saturated rings. The first-order chi connectivity index (χ1) is 8.93. The lowest BCUT2D eigenvalue weighted by atomic mass is 10.2. The summed E-state index contributed by atoms with van der Waals surface area (Å²) in [5, 5.41) is 21.8. The van der Waals surface area contributed by atoms with Crippen molar-refractivity contribution in [3.63, 3.8) is 0 Å². The van der Waals surface area contributed by atoms with Crippen molar-refractivity contribution in [3.8, 4) is 5.82 Å². The quantitative estimate of drug-likeness (QED) is 0.364. The zero-order valence-corrected chi connectivity index (χ0v) is 9.20. The maximum atomic E-state index is 12.4. The van der Waals surface area contributed by atoms with Gasteiger partial charge >= 0.3 is 6.18 Å². The van der Waals surface area contributed by atoms with Gasteiger partial charge < -0.3 is 10.9 Å². The number of nitrogens with two attached hydrogens (primary N) is 1. The highest BCUT2D eigenvalue weighted by Gasteiger charge is 2.34. The SMILES string of the molecule is N/C(=N/O)c1ccnnc1-n1ccc(C(F)(F)F)n1. The predicted octanol–water partition coefficient (Wildman–Crippen LogP) is 0.776. The van der Waals surface area contributed by atoms with E-state index in [0.717, 1.165) is 16.9 Å². The van der Waals surface area contributed by atoms with Crippen LogP contribution in [0.5, 0.6) is 0 Å². The van der Waals surface area contributed by atoms with E-state index in [0.29, 0.717) is 0 Å². The Hall–Kier alpha value is -2.65. The van der Waals surface area contributed by atoms with Crippen LogP contribution >= 0.6 is 0 Å². The van der Waals surface area contributed by atoms with Crippen LogP contribution < -0.4 is 5.73 Å². The molecule has 0 atom stereocenters. The van der Waals surface area contributed by atoms with Gasteiger partial charge in [-0.1, -0.05) is 5.16 Å². The molecular formula is C9H7F3N6O. The molecule has 0 aliphatic rings. The van der Waals surface area contributed by atoms with E-state index in [-0.39, 0.29) is 17.2 Å². The molecule has 3 N–H and O–H groups in total. The Balaban J connectivity index is 2.51. The number of nitrogens with zero attached hydrogens (tertiary/aromatic N) is 5. The van der Waals surface area contributed by atoms with Crippen LogP contribution in [0.3, 0.4) is 0 Å². The maximum absolute atomic E-state index is 12.4. The van der Waals surface area contributed by atoms with Crippen molar-refractivity contribution in [2.24, 2.45) is 10.9 Å². The molecule has 19 heavy (non-hydrogen) atoms. The number of hydrogen-bond donors (Lipinski definition) is 2. The Morgan fingerprint density at radius 2 is 2.11 bits per heavy atom. The molecule has 7 nitrogen and oxygen atoms in total. The summed E-state index contributed by atoms with van der Waals surface area (Å²) in [4.78, 5) is 0. The van der Waals surface area contributed by atoms with Crippen LogP contribution in [0.2, 0.25) is 0 Å². The highest BCUT2D eigenvalue weighted by Crippen LogP contribution is 2.27. The second-order valence-electron chi connectivity index (χ2n) is 3.40. The van der Waals surface area contributed by atoms with Crippen molar-refractivity contribution in [2.75, 3.05) is 0 Å². The van der Waals surface area contributed by atoms with Gasteiger partial charge in [0.25, 0.3) is 0 Å². The number of aromatic nitrogens is 4.